The summed E-state index contributed by atoms with van der Waals surface area (Å²) in [6, 6.07) is 15.8. The highest BCUT2D eigenvalue weighted by Crippen LogP contribution is 2.30. The zero-order valence-corrected chi connectivity index (χ0v) is 15.7. The quantitative estimate of drug-likeness (QED) is 0.649. The standard InChI is InChI=1S/C21H23N5O2/c1-28-15-6-4-5-13(9-15)18-10-19(25-24-18)21(27)26-11-14(12-26)20-22-16-7-2-3-8-17(16)23-20/h2-9,14,18-19,24-25H,10-12H2,1H3,(H,22,23). The number of imidazole rings is 1. The van der Waals surface area contributed by atoms with E-state index in [4.69, 9.17) is 4.74 Å². The molecule has 2 unspecified atom stereocenters. The van der Waals surface area contributed by atoms with Gasteiger partial charge in [0.1, 0.15) is 17.6 Å². The number of benzene rings is 2. The lowest BCUT2D eigenvalue weighted by molar-refractivity contribution is -0.137. The summed E-state index contributed by atoms with van der Waals surface area (Å²) in [4.78, 5) is 22.8. The Balaban J connectivity index is 1.20. The molecule has 28 heavy (non-hydrogen) atoms. The van der Waals surface area contributed by atoms with E-state index in [9.17, 15) is 4.79 Å². The lowest BCUT2D eigenvalue weighted by Gasteiger charge is -2.39. The Morgan fingerprint density at radius 1 is 1.14 bits per heavy atom. The number of H-pyrrole nitrogens is 1. The molecule has 2 aliphatic heterocycles. The summed E-state index contributed by atoms with van der Waals surface area (Å²) in [7, 11) is 1.66. The van der Waals surface area contributed by atoms with Crippen LogP contribution in [0.25, 0.3) is 11.0 Å². The Labute approximate surface area is 163 Å². The molecule has 3 N–H and O–H groups in total. The number of amides is 1. The van der Waals surface area contributed by atoms with Crippen LogP contribution in [0.5, 0.6) is 5.75 Å². The van der Waals surface area contributed by atoms with Crippen LogP contribution in [-0.2, 0) is 4.79 Å². The highest BCUT2D eigenvalue weighted by atomic mass is 16.5. The van der Waals surface area contributed by atoms with Crippen LogP contribution in [0.1, 0.15) is 29.8 Å². The molecule has 3 aromatic rings. The number of aromatic amines is 1. The Morgan fingerprint density at radius 2 is 2.00 bits per heavy atom. The SMILES string of the molecule is COc1cccc(C2CC(C(=O)N3CC(c4nc5ccccc5[nH]4)C3)NN2)c1. The summed E-state index contributed by atoms with van der Waals surface area (Å²) < 4.78 is 5.30. The maximum atomic E-state index is 12.8. The molecule has 2 aliphatic rings. The number of fused-ring (bicyclic) bond motifs is 1. The van der Waals surface area contributed by atoms with Crippen LogP contribution in [0.2, 0.25) is 0 Å². The molecule has 2 atom stereocenters. The molecule has 3 heterocycles. The van der Waals surface area contributed by atoms with Gasteiger partial charge in [0.05, 0.1) is 24.1 Å². The van der Waals surface area contributed by atoms with Crippen molar-refractivity contribution in [2.75, 3.05) is 20.2 Å². The molecule has 0 saturated carbocycles. The summed E-state index contributed by atoms with van der Waals surface area (Å²) >= 11 is 0. The number of nitrogens with zero attached hydrogens (tertiary/aromatic N) is 2. The number of hydrazine groups is 1. The van der Waals surface area contributed by atoms with Gasteiger partial charge in [-0.25, -0.2) is 15.8 Å². The zero-order valence-electron chi connectivity index (χ0n) is 15.7. The normalized spacial score (nSPS) is 22.4. The fourth-order valence-electron chi connectivity index (χ4n) is 4.01. The summed E-state index contributed by atoms with van der Waals surface area (Å²) in [5, 5.41) is 0. The molecule has 7 heteroatoms. The second-order valence-electron chi connectivity index (χ2n) is 7.49. The van der Waals surface area contributed by atoms with Crippen molar-refractivity contribution >= 4 is 16.9 Å². The number of rotatable bonds is 4. The van der Waals surface area contributed by atoms with Gasteiger partial charge in [0.15, 0.2) is 0 Å². The molecular formula is C21H23N5O2. The number of nitrogens with one attached hydrogen (secondary N) is 3. The second kappa shape index (κ2) is 6.92. The Morgan fingerprint density at radius 3 is 2.82 bits per heavy atom. The average molecular weight is 377 g/mol. The smallest absolute Gasteiger partial charge is 0.241 e. The first-order chi connectivity index (χ1) is 13.7. The Hall–Kier alpha value is -2.90. The van der Waals surface area contributed by atoms with Crippen molar-refractivity contribution in [3.8, 4) is 5.75 Å². The minimum Gasteiger partial charge on any atom is -0.497 e. The van der Waals surface area contributed by atoms with Crippen LogP contribution < -0.4 is 15.6 Å². The van der Waals surface area contributed by atoms with Crippen molar-refractivity contribution < 1.29 is 9.53 Å². The van der Waals surface area contributed by atoms with Crippen LogP contribution in [0.3, 0.4) is 0 Å². The largest absolute Gasteiger partial charge is 0.497 e. The van der Waals surface area contributed by atoms with E-state index in [1.54, 1.807) is 7.11 Å². The summed E-state index contributed by atoms with van der Waals surface area (Å²) in [5.74, 6) is 2.22. The van der Waals surface area contributed by atoms with Gasteiger partial charge in [0, 0.05) is 19.1 Å². The predicted octanol–water partition coefficient (Wildman–Crippen LogP) is 2.11. The van der Waals surface area contributed by atoms with Crippen molar-refractivity contribution in [1.82, 2.24) is 25.7 Å². The molecule has 1 aromatic heterocycles. The third-order valence-corrected chi connectivity index (χ3v) is 5.69. The molecule has 0 spiro atoms. The number of hydrogen-bond acceptors (Lipinski definition) is 5. The maximum absolute atomic E-state index is 12.8. The molecule has 2 saturated heterocycles. The van der Waals surface area contributed by atoms with Gasteiger partial charge in [-0.3, -0.25) is 4.79 Å². The van der Waals surface area contributed by atoms with E-state index < -0.39 is 0 Å². The van der Waals surface area contributed by atoms with E-state index in [1.165, 1.54) is 0 Å². The molecule has 0 bridgehead atoms. The molecule has 144 valence electrons. The number of carbonyl (C=O) groups is 1. The van der Waals surface area contributed by atoms with Crippen molar-refractivity contribution in [3.05, 3.63) is 59.9 Å². The first kappa shape index (κ1) is 17.2. The third-order valence-electron chi connectivity index (χ3n) is 5.69. The molecule has 0 aliphatic carbocycles. The van der Waals surface area contributed by atoms with Gasteiger partial charge >= 0.3 is 0 Å². The monoisotopic (exact) mass is 377 g/mol. The van der Waals surface area contributed by atoms with E-state index in [-0.39, 0.29) is 23.9 Å². The minimum absolute atomic E-state index is 0.0940. The highest BCUT2D eigenvalue weighted by Gasteiger charge is 2.39. The molecule has 2 fully saturated rings. The van der Waals surface area contributed by atoms with Crippen molar-refractivity contribution in [2.24, 2.45) is 0 Å². The van der Waals surface area contributed by atoms with Crippen molar-refractivity contribution in [1.29, 1.82) is 0 Å². The summed E-state index contributed by atoms with van der Waals surface area (Å²) in [6.07, 6.45) is 0.720. The molecular weight excluding hydrogens is 354 g/mol. The molecule has 5 rings (SSSR count). The van der Waals surface area contributed by atoms with E-state index in [2.05, 4.69) is 26.9 Å². The Bertz CT molecular complexity index is 978. The van der Waals surface area contributed by atoms with Crippen LogP contribution in [0, 0.1) is 0 Å². The fraction of sp³-hybridized carbons (Fsp3) is 0.333. The van der Waals surface area contributed by atoms with Crippen molar-refractivity contribution in [2.45, 2.75) is 24.4 Å². The number of methoxy groups -OCH3 is 1. The minimum atomic E-state index is -0.215. The average Bonchev–Trinajstić information content (AvgIpc) is 3.34. The summed E-state index contributed by atoms with van der Waals surface area (Å²) in [5.41, 5.74) is 9.55. The second-order valence-corrected chi connectivity index (χ2v) is 7.49. The third kappa shape index (κ3) is 3.02. The number of para-hydroxylation sites is 2. The van der Waals surface area contributed by atoms with Crippen LogP contribution in [0.15, 0.2) is 48.5 Å². The number of ether oxygens (including phenoxy) is 1. The molecule has 2 aromatic carbocycles. The van der Waals surface area contributed by atoms with Crippen LogP contribution in [0.4, 0.5) is 0 Å². The molecule has 7 nitrogen and oxygen atoms in total. The van der Waals surface area contributed by atoms with E-state index >= 15 is 0 Å². The van der Waals surface area contributed by atoms with Gasteiger partial charge in [-0.05, 0) is 36.2 Å². The number of carbonyl (C=O) groups excluding carboxylic acids is 1. The van der Waals surface area contributed by atoms with E-state index in [0.717, 1.165) is 34.6 Å². The van der Waals surface area contributed by atoms with Crippen LogP contribution >= 0.6 is 0 Å². The van der Waals surface area contributed by atoms with Gasteiger partial charge < -0.3 is 14.6 Å². The summed E-state index contributed by atoms with van der Waals surface area (Å²) in [6.45, 7) is 1.42. The fourth-order valence-corrected chi connectivity index (χ4v) is 4.01. The zero-order chi connectivity index (χ0) is 19.1. The van der Waals surface area contributed by atoms with Gasteiger partial charge in [0.2, 0.25) is 5.91 Å². The molecule has 0 radical (unpaired) electrons. The number of hydrogen-bond donors (Lipinski definition) is 3. The van der Waals surface area contributed by atoms with Gasteiger partial charge in [-0.15, -0.1) is 0 Å². The Kier molecular flexibility index (Phi) is 4.26. The first-order valence-corrected chi connectivity index (χ1v) is 9.59. The van der Waals surface area contributed by atoms with E-state index in [0.29, 0.717) is 13.1 Å². The maximum Gasteiger partial charge on any atom is 0.241 e. The lowest BCUT2D eigenvalue weighted by atomic mass is 9.96. The van der Waals surface area contributed by atoms with Gasteiger partial charge in [-0.1, -0.05) is 24.3 Å². The molecule has 1 amide bonds. The van der Waals surface area contributed by atoms with Crippen LogP contribution in [-0.4, -0.2) is 47.0 Å². The topological polar surface area (TPSA) is 82.3 Å². The number of likely N-dealkylation sites (tertiary alicyclic amines) is 1. The predicted molar refractivity (Wildman–Crippen MR) is 106 cm³/mol. The first-order valence-electron chi connectivity index (χ1n) is 9.59. The van der Waals surface area contributed by atoms with Crippen molar-refractivity contribution in [3.63, 3.8) is 0 Å². The van der Waals surface area contributed by atoms with E-state index in [1.807, 2.05) is 47.4 Å². The van der Waals surface area contributed by atoms with Gasteiger partial charge in [-0.2, -0.15) is 0 Å². The number of aromatic nitrogens is 2. The van der Waals surface area contributed by atoms with Gasteiger partial charge in [0.25, 0.3) is 0 Å². The lowest BCUT2D eigenvalue weighted by Crippen LogP contribution is -2.54. The highest BCUT2D eigenvalue weighted by molar-refractivity contribution is 5.83.